The summed E-state index contributed by atoms with van der Waals surface area (Å²) in [6, 6.07) is 1.53. The van der Waals surface area contributed by atoms with Gasteiger partial charge >= 0.3 is 5.97 Å². The highest BCUT2D eigenvalue weighted by Gasteiger charge is 2.16. The quantitative estimate of drug-likeness (QED) is 0.738. The van der Waals surface area contributed by atoms with Crippen molar-refractivity contribution in [3.8, 4) is 0 Å². The molecule has 0 unspecified atom stereocenters. The summed E-state index contributed by atoms with van der Waals surface area (Å²) in [6.07, 6.45) is 1.52. The van der Waals surface area contributed by atoms with E-state index in [9.17, 15) is 4.79 Å². The summed E-state index contributed by atoms with van der Waals surface area (Å²) in [5, 5.41) is 1.95. The Morgan fingerprint density at radius 3 is 2.94 bits per heavy atom. The van der Waals surface area contributed by atoms with Crippen molar-refractivity contribution >= 4 is 17.5 Å². The second-order valence-electron chi connectivity index (χ2n) is 3.82. The van der Waals surface area contributed by atoms with Crippen LogP contribution >= 0.6 is 0 Å². The van der Waals surface area contributed by atoms with Crippen LogP contribution in [0.3, 0.4) is 0 Å². The maximum atomic E-state index is 11.5. The van der Waals surface area contributed by atoms with Gasteiger partial charge in [0.2, 0.25) is 0 Å². The molecule has 2 heterocycles. The van der Waals surface area contributed by atoms with Crippen LogP contribution in [0.25, 0.3) is 0 Å². The normalized spacial score (nSPS) is 16.3. The van der Waals surface area contributed by atoms with Crippen molar-refractivity contribution < 1.29 is 14.3 Å². The number of methoxy groups -OCH3 is 1. The number of nitrogen functional groups attached to an aromatic ring is 1. The van der Waals surface area contributed by atoms with Gasteiger partial charge in [0, 0.05) is 19.3 Å². The number of morpholine rings is 1. The van der Waals surface area contributed by atoms with Gasteiger partial charge in [-0.3, -0.25) is 0 Å². The fourth-order valence-electron chi connectivity index (χ4n) is 1.68. The van der Waals surface area contributed by atoms with Crippen molar-refractivity contribution in [2.45, 2.75) is 0 Å². The van der Waals surface area contributed by atoms with Gasteiger partial charge in [0.05, 0.1) is 31.6 Å². The number of nitrogens with zero attached hydrogens (tertiary/aromatic N) is 2. The van der Waals surface area contributed by atoms with Gasteiger partial charge in [-0.15, -0.1) is 0 Å². The molecule has 1 aromatic rings. The zero-order chi connectivity index (χ0) is 13.0. The van der Waals surface area contributed by atoms with Gasteiger partial charge < -0.3 is 20.6 Å². The minimum atomic E-state index is -0.472. The number of carbonyl (C=O) groups excluding carboxylic acids is 1. The molecule has 1 aliphatic heterocycles. The first-order chi connectivity index (χ1) is 8.72. The van der Waals surface area contributed by atoms with Crippen LogP contribution in [0.15, 0.2) is 12.3 Å². The van der Waals surface area contributed by atoms with Crippen molar-refractivity contribution in [1.82, 2.24) is 9.99 Å². The first kappa shape index (κ1) is 12.6. The number of aromatic nitrogens is 1. The van der Waals surface area contributed by atoms with Crippen molar-refractivity contribution in [1.29, 1.82) is 0 Å². The van der Waals surface area contributed by atoms with Crippen LogP contribution in [0.5, 0.6) is 0 Å². The number of hydrazine groups is 1. The zero-order valence-electron chi connectivity index (χ0n) is 10.2. The standard InChI is InChI=1S/C11H16N4O3/c1-17-11(16)8-2-3-13-10(9(8)12)14-15-4-6-18-7-5-15/h2-3H,4-7,12H2,1H3,(H,13,14). The Labute approximate surface area is 105 Å². The summed E-state index contributed by atoms with van der Waals surface area (Å²) in [5.41, 5.74) is 9.57. The predicted octanol–water partition coefficient (Wildman–Crippen LogP) is 0.109. The van der Waals surface area contributed by atoms with E-state index in [4.69, 9.17) is 10.5 Å². The average molecular weight is 252 g/mol. The molecule has 0 aromatic carbocycles. The maximum absolute atomic E-state index is 11.5. The molecule has 7 heteroatoms. The molecular formula is C11H16N4O3. The molecule has 3 N–H and O–H groups in total. The second-order valence-corrected chi connectivity index (χ2v) is 3.82. The van der Waals surface area contributed by atoms with Gasteiger partial charge in [-0.1, -0.05) is 0 Å². The number of anilines is 2. The van der Waals surface area contributed by atoms with Crippen LogP contribution in [-0.2, 0) is 9.47 Å². The Kier molecular flexibility index (Phi) is 3.96. The van der Waals surface area contributed by atoms with Crippen molar-refractivity contribution in [2.24, 2.45) is 0 Å². The Morgan fingerprint density at radius 1 is 1.56 bits per heavy atom. The van der Waals surface area contributed by atoms with E-state index >= 15 is 0 Å². The first-order valence-electron chi connectivity index (χ1n) is 5.64. The third-order valence-corrected chi connectivity index (χ3v) is 2.67. The third-order valence-electron chi connectivity index (χ3n) is 2.67. The molecular weight excluding hydrogens is 236 g/mol. The molecule has 0 bridgehead atoms. The van der Waals surface area contributed by atoms with Crippen molar-refractivity contribution in [3.63, 3.8) is 0 Å². The van der Waals surface area contributed by atoms with E-state index in [1.165, 1.54) is 19.4 Å². The fourth-order valence-corrected chi connectivity index (χ4v) is 1.68. The van der Waals surface area contributed by atoms with Gasteiger partial charge in [0.1, 0.15) is 0 Å². The lowest BCUT2D eigenvalue weighted by Gasteiger charge is -2.28. The minimum absolute atomic E-state index is 0.288. The van der Waals surface area contributed by atoms with E-state index in [0.29, 0.717) is 24.6 Å². The Morgan fingerprint density at radius 2 is 2.28 bits per heavy atom. The van der Waals surface area contributed by atoms with E-state index in [-0.39, 0.29) is 5.69 Å². The zero-order valence-corrected chi connectivity index (χ0v) is 10.2. The van der Waals surface area contributed by atoms with Crippen LogP contribution in [0.1, 0.15) is 10.4 Å². The van der Waals surface area contributed by atoms with Crippen LogP contribution in [0, 0.1) is 0 Å². The number of nitrogens with two attached hydrogens (primary N) is 1. The summed E-state index contributed by atoms with van der Waals surface area (Å²) >= 11 is 0. The Bertz CT molecular complexity index is 432. The minimum Gasteiger partial charge on any atom is -0.465 e. The van der Waals surface area contributed by atoms with Gasteiger partial charge in [-0.05, 0) is 6.07 Å². The molecule has 1 aliphatic rings. The highest BCUT2D eigenvalue weighted by Crippen LogP contribution is 2.21. The second kappa shape index (κ2) is 5.65. The number of carbonyl (C=O) groups is 1. The first-order valence-corrected chi connectivity index (χ1v) is 5.64. The van der Waals surface area contributed by atoms with Crippen molar-refractivity contribution in [2.75, 3.05) is 44.6 Å². The van der Waals surface area contributed by atoms with E-state index in [0.717, 1.165) is 13.1 Å². The number of pyridine rings is 1. The van der Waals surface area contributed by atoms with Crippen LogP contribution < -0.4 is 11.2 Å². The number of esters is 1. The number of hydrogen-bond donors (Lipinski definition) is 2. The summed E-state index contributed by atoms with van der Waals surface area (Å²) in [7, 11) is 1.32. The van der Waals surface area contributed by atoms with Gasteiger partial charge in [-0.2, -0.15) is 0 Å². The molecule has 1 fully saturated rings. The predicted molar refractivity (Wildman–Crippen MR) is 66.0 cm³/mol. The van der Waals surface area contributed by atoms with E-state index in [1.54, 1.807) is 0 Å². The van der Waals surface area contributed by atoms with E-state index < -0.39 is 5.97 Å². The smallest absolute Gasteiger partial charge is 0.340 e. The molecule has 18 heavy (non-hydrogen) atoms. The number of rotatable bonds is 3. The Hall–Kier alpha value is -1.86. The van der Waals surface area contributed by atoms with Gasteiger partial charge in [0.25, 0.3) is 0 Å². The molecule has 98 valence electrons. The fraction of sp³-hybridized carbons (Fsp3) is 0.455. The average Bonchev–Trinajstić information content (AvgIpc) is 2.41. The largest absolute Gasteiger partial charge is 0.465 e. The molecule has 0 atom stereocenters. The number of nitrogens with one attached hydrogen (secondary N) is 1. The molecule has 2 rings (SSSR count). The highest BCUT2D eigenvalue weighted by molar-refractivity contribution is 5.97. The molecule has 7 nitrogen and oxygen atoms in total. The van der Waals surface area contributed by atoms with E-state index in [2.05, 4.69) is 15.1 Å². The summed E-state index contributed by atoms with van der Waals surface area (Å²) in [5.74, 6) is -0.0141. The monoisotopic (exact) mass is 252 g/mol. The summed E-state index contributed by atoms with van der Waals surface area (Å²) < 4.78 is 9.89. The molecule has 0 saturated carbocycles. The van der Waals surface area contributed by atoms with Crippen molar-refractivity contribution in [3.05, 3.63) is 17.8 Å². The molecule has 0 amide bonds. The van der Waals surface area contributed by atoms with Gasteiger partial charge in [-0.25, -0.2) is 14.8 Å². The Balaban J connectivity index is 2.15. The third kappa shape index (κ3) is 2.69. The molecule has 0 radical (unpaired) electrons. The summed E-state index contributed by atoms with van der Waals surface area (Å²) in [6.45, 7) is 2.79. The number of hydrogen-bond acceptors (Lipinski definition) is 7. The molecule has 0 spiro atoms. The van der Waals surface area contributed by atoms with Crippen LogP contribution in [-0.4, -0.2) is 49.4 Å². The molecule has 1 saturated heterocycles. The maximum Gasteiger partial charge on any atom is 0.340 e. The van der Waals surface area contributed by atoms with Crippen LogP contribution in [0.4, 0.5) is 11.5 Å². The molecule has 1 aromatic heterocycles. The molecule has 0 aliphatic carbocycles. The van der Waals surface area contributed by atoms with Gasteiger partial charge in [0.15, 0.2) is 5.82 Å². The highest BCUT2D eigenvalue weighted by atomic mass is 16.5. The lowest BCUT2D eigenvalue weighted by Crippen LogP contribution is -2.40. The lowest BCUT2D eigenvalue weighted by atomic mass is 10.2. The lowest BCUT2D eigenvalue weighted by molar-refractivity contribution is 0.0494. The topological polar surface area (TPSA) is 89.7 Å². The van der Waals surface area contributed by atoms with Crippen LogP contribution in [0.2, 0.25) is 0 Å². The van der Waals surface area contributed by atoms with E-state index in [1.807, 2.05) is 5.01 Å². The summed E-state index contributed by atoms with van der Waals surface area (Å²) in [4.78, 5) is 15.6. The SMILES string of the molecule is COC(=O)c1ccnc(NN2CCOCC2)c1N. The number of ether oxygens (including phenoxy) is 2.